The third-order valence-corrected chi connectivity index (χ3v) is 3.19. The molecule has 1 aliphatic rings. The average molecular weight is 255 g/mol. The Morgan fingerprint density at radius 3 is 2.89 bits per heavy atom. The number of fused-ring (bicyclic) bond motifs is 1. The lowest BCUT2D eigenvalue weighted by molar-refractivity contribution is 0.0985. The molecule has 3 rings (SSSR count). The summed E-state index contributed by atoms with van der Waals surface area (Å²) in [5.74, 6) is -0.308. The summed E-state index contributed by atoms with van der Waals surface area (Å²) < 4.78 is 1.74. The summed E-state index contributed by atoms with van der Waals surface area (Å²) in [5, 5.41) is 11.7. The molecule has 1 aromatic heterocycles. The van der Waals surface area contributed by atoms with E-state index in [2.05, 4.69) is 15.3 Å². The van der Waals surface area contributed by atoms with Gasteiger partial charge in [0.25, 0.3) is 5.91 Å². The van der Waals surface area contributed by atoms with Gasteiger partial charge in [-0.3, -0.25) is 9.48 Å². The van der Waals surface area contributed by atoms with Gasteiger partial charge in [-0.05, 0) is 23.3 Å². The van der Waals surface area contributed by atoms with E-state index in [0.29, 0.717) is 12.1 Å². The highest BCUT2D eigenvalue weighted by Crippen LogP contribution is 2.30. The summed E-state index contributed by atoms with van der Waals surface area (Å²) in [7, 11) is 1.86. The van der Waals surface area contributed by atoms with Crippen LogP contribution in [0.1, 0.15) is 22.0 Å². The molecule has 1 atom stereocenters. The maximum atomic E-state index is 11.7. The van der Waals surface area contributed by atoms with E-state index in [1.807, 2.05) is 25.4 Å². The number of azo groups is 1. The van der Waals surface area contributed by atoms with E-state index in [-0.39, 0.29) is 11.9 Å². The number of nitrogens with two attached hydrogens (primary N) is 1. The van der Waals surface area contributed by atoms with E-state index in [4.69, 9.17) is 5.73 Å². The first-order valence-corrected chi connectivity index (χ1v) is 5.97. The number of amides is 1. The molecule has 0 bridgehead atoms. The minimum absolute atomic E-state index is 0.246. The van der Waals surface area contributed by atoms with Crippen molar-refractivity contribution in [3.8, 4) is 11.1 Å². The van der Waals surface area contributed by atoms with Gasteiger partial charge >= 0.3 is 0 Å². The van der Waals surface area contributed by atoms with Crippen LogP contribution in [-0.2, 0) is 7.05 Å². The Morgan fingerprint density at radius 2 is 2.21 bits per heavy atom. The van der Waals surface area contributed by atoms with Gasteiger partial charge in [0.2, 0.25) is 0 Å². The predicted octanol–water partition coefficient (Wildman–Crippen LogP) is 1.69. The SMILES string of the molecule is Cn1cc(-c2ccc3c(c2)C(CN)N=NC3=O)cn1. The first kappa shape index (κ1) is 11.7. The molecule has 6 nitrogen and oxygen atoms in total. The number of hydrogen-bond donors (Lipinski definition) is 1. The Morgan fingerprint density at radius 1 is 1.37 bits per heavy atom. The van der Waals surface area contributed by atoms with Crippen LogP contribution >= 0.6 is 0 Å². The van der Waals surface area contributed by atoms with Gasteiger partial charge in [0.1, 0.15) is 6.04 Å². The molecule has 1 amide bonds. The molecule has 2 aromatic rings. The third-order valence-electron chi connectivity index (χ3n) is 3.19. The normalized spacial score (nSPS) is 17.6. The van der Waals surface area contributed by atoms with Gasteiger partial charge in [-0.2, -0.15) is 10.2 Å². The van der Waals surface area contributed by atoms with E-state index in [9.17, 15) is 4.79 Å². The van der Waals surface area contributed by atoms with Crippen LogP contribution in [0.25, 0.3) is 11.1 Å². The number of benzene rings is 1. The highest BCUT2D eigenvalue weighted by atomic mass is 16.1. The molecule has 96 valence electrons. The van der Waals surface area contributed by atoms with Crippen molar-refractivity contribution >= 4 is 5.91 Å². The largest absolute Gasteiger partial charge is 0.328 e. The molecule has 2 heterocycles. The van der Waals surface area contributed by atoms with Crippen LogP contribution in [0.2, 0.25) is 0 Å². The highest BCUT2D eigenvalue weighted by Gasteiger charge is 2.23. The Kier molecular flexibility index (Phi) is 2.72. The molecule has 0 aliphatic carbocycles. The molecule has 1 aliphatic heterocycles. The molecule has 0 radical (unpaired) electrons. The fourth-order valence-corrected chi connectivity index (χ4v) is 2.20. The fourth-order valence-electron chi connectivity index (χ4n) is 2.20. The summed E-state index contributed by atoms with van der Waals surface area (Å²) in [4.78, 5) is 11.7. The number of nitrogens with zero attached hydrogens (tertiary/aromatic N) is 4. The molecule has 1 aromatic carbocycles. The number of carbonyl (C=O) groups excluding carboxylic acids is 1. The molecule has 0 spiro atoms. The van der Waals surface area contributed by atoms with E-state index in [1.165, 1.54) is 0 Å². The zero-order valence-corrected chi connectivity index (χ0v) is 10.4. The lowest BCUT2D eigenvalue weighted by atomic mass is 9.95. The fraction of sp³-hybridized carbons (Fsp3) is 0.231. The lowest BCUT2D eigenvalue weighted by Crippen LogP contribution is -2.17. The van der Waals surface area contributed by atoms with Gasteiger partial charge in [0.05, 0.1) is 6.20 Å². The quantitative estimate of drug-likeness (QED) is 0.886. The van der Waals surface area contributed by atoms with Gasteiger partial charge in [-0.15, -0.1) is 5.11 Å². The average Bonchev–Trinajstić information content (AvgIpc) is 2.86. The van der Waals surface area contributed by atoms with Crippen molar-refractivity contribution in [3.05, 3.63) is 41.7 Å². The second-order valence-corrected chi connectivity index (χ2v) is 4.48. The van der Waals surface area contributed by atoms with E-state index >= 15 is 0 Å². The zero-order valence-electron chi connectivity index (χ0n) is 10.4. The summed E-state index contributed by atoms with van der Waals surface area (Å²) >= 11 is 0. The monoisotopic (exact) mass is 255 g/mol. The van der Waals surface area contributed by atoms with Gasteiger partial charge in [-0.25, -0.2) is 0 Å². The van der Waals surface area contributed by atoms with Crippen molar-refractivity contribution in [1.29, 1.82) is 0 Å². The first-order valence-electron chi connectivity index (χ1n) is 5.97. The first-order chi connectivity index (χ1) is 9.19. The molecule has 0 saturated carbocycles. The van der Waals surface area contributed by atoms with Crippen LogP contribution in [0.4, 0.5) is 0 Å². The second kappa shape index (κ2) is 4.40. The van der Waals surface area contributed by atoms with Crippen molar-refractivity contribution in [3.63, 3.8) is 0 Å². The number of rotatable bonds is 2. The van der Waals surface area contributed by atoms with Crippen LogP contribution in [0.5, 0.6) is 0 Å². The Labute approximate surface area is 109 Å². The van der Waals surface area contributed by atoms with Gasteiger partial charge in [0.15, 0.2) is 0 Å². The maximum Gasteiger partial charge on any atom is 0.295 e. The third kappa shape index (κ3) is 1.96. The van der Waals surface area contributed by atoms with E-state index in [1.54, 1.807) is 16.9 Å². The number of hydrogen-bond acceptors (Lipinski definition) is 4. The summed E-state index contributed by atoms with van der Waals surface area (Å²) in [6.07, 6.45) is 3.71. The van der Waals surface area contributed by atoms with Crippen molar-refractivity contribution < 1.29 is 4.79 Å². The van der Waals surface area contributed by atoms with Gasteiger partial charge < -0.3 is 5.73 Å². The standard InChI is InChI=1S/C13H13N5O/c1-18-7-9(6-15-18)8-2-3-10-11(4-8)12(5-14)16-17-13(10)19/h2-4,6-7,12H,5,14H2,1H3. The highest BCUT2D eigenvalue weighted by molar-refractivity contribution is 5.97. The topological polar surface area (TPSA) is 85.6 Å². The van der Waals surface area contributed by atoms with Gasteiger partial charge in [0, 0.05) is 30.9 Å². The molecule has 2 N–H and O–H groups in total. The maximum absolute atomic E-state index is 11.7. The van der Waals surface area contributed by atoms with Crippen molar-refractivity contribution in [1.82, 2.24) is 9.78 Å². The smallest absolute Gasteiger partial charge is 0.295 e. The van der Waals surface area contributed by atoms with E-state index < -0.39 is 0 Å². The second-order valence-electron chi connectivity index (χ2n) is 4.48. The van der Waals surface area contributed by atoms with Crippen LogP contribution in [0.3, 0.4) is 0 Å². The van der Waals surface area contributed by atoms with E-state index in [0.717, 1.165) is 16.7 Å². The van der Waals surface area contributed by atoms with Crippen LogP contribution in [0.15, 0.2) is 40.8 Å². The summed E-state index contributed by atoms with van der Waals surface area (Å²) in [6, 6.07) is 5.37. The summed E-state index contributed by atoms with van der Waals surface area (Å²) in [5.41, 5.74) is 9.09. The minimum atomic E-state index is -0.308. The number of aryl methyl sites for hydroxylation is 1. The van der Waals surface area contributed by atoms with Crippen molar-refractivity contribution in [2.24, 2.45) is 23.0 Å². The van der Waals surface area contributed by atoms with Crippen LogP contribution < -0.4 is 5.73 Å². The molecule has 0 fully saturated rings. The molecular weight excluding hydrogens is 242 g/mol. The Balaban J connectivity index is 2.11. The van der Waals surface area contributed by atoms with Crippen LogP contribution in [0, 0.1) is 0 Å². The zero-order chi connectivity index (χ0) is 13.4. The van der Waals surface area contributed by atoms with Gasteiger partial charge in [-0.1, -0.05) is 6.07 Å². The molecule has 19 heavy (non-hydrogen) atoms. The predicted molar refractivity (Wildman–Crippen MR) is 69.6 cm³/mol. The molecule has 1 unspecified atom stereocenters. The Hall–Kier alpha value is -2.34. The Bertz CT molecular complexity index is 673. The number of carbonyl (C=O) groups is 1. The van der Waals surface area contributed by atoms with Crippen molar-refractivity contribution in [2.45, 2.75) is 6.04 Å². The molecular formula is C13H13N5O. The lowest BCUT2D eigenvalue weighted by Gasteiger charge is -2.17. The van der Waals surface area contributed by atoms with Crippen molar-refractivity contribution in [2.75, 3.05) is 6.54 Å². The number of aromatic nitrogens is 2. The minimum Gasteiger partial charge on any atom is -0.328 e. The molecule has 6 heteroatoms. The molecule has 0 saturated heterocycles. The van der Waals surface area contributed by atoms with Crippen LogP contribution in [-0.4, -0.2) is 22.2 Å². The summed E-state index contributed by atoms with van der Waals surface area (Å²) in [6.45, 7) is 0.334.